The van der Waals surface area contributed by atoms with E-state index in [1.165, 1.54) is 12.1 Å². The molecule has 1 aromatic heterocycles. The number of fused-ring (bicyclic) bond motifs is 2. The van der Waals surface area contributed by atoms with Gasteiger partial charge >= 0.3 is 0 Å². The van der Waals surface area contributed by atoms with Crippen LogP contribution < -0.4 is 0 Å². The fourth-order valence-corrected chi connectivity index (χ4v) is 5.02. The molecule has 24 heavy (non-hydrogen) atoms. The van der Waals surface area contributed by atoms with Crippen LogP contribution in [0.5, 0.6) is 0 Å². The minimum Gasteiger partial charge on any atom is -0.331 e. The van der Waals surface area contributed by atoms with Crippen LogP contribution in [0.2, 0.25) is 9.36 Å². The van der Waals surface area contributed by atoms with Gasteiger partial charge in [0.1, 0.15) is 15.2 Å². The maximum atomic E-state index is 13.1. The van der Waals surface area contributed by atoms with Crippen molar-refractivity contribution in [3.05, 3.63) is 50.7 Å². The van der Waals surface area contributed by atoms with E-state index in [1.807, 2.05) is 17.0 Å². The van der Waals surface area contributed by atoms with Gasteiger partial charge in [0.15, 0.2) is 5.69 Å². The van der Waals surface area contributed by atoms with E-state index in [1.54, 1.807) is 0 Å². The standard InChI is InChI=1S/C17H15Cl2FN2OS/c18-14-15(21-24-16(14)19)17(23)22-12-5-6-13(22)8-10(7-12)9-1-3-11(20)4-2-9/h1-4,10,12-13H,5-8H2/t10?,12-,13+. The Morgan fingerprint density at radius 1 is 1.17 bits per heavy atom. The summed E-state index contributed by atoms with van der Waals surface area (Å²) >= 11 is 13.1. The fraction of sp³-hybridized carbons (Fsp3) is 0.412. The van der Waals surface area contributed by atoms with Crippen LogP contribution in [0.3, 0.4) is 0 Å². The van der Waals surface area contributed by atoms with Crippen LogP contribution in [0.15, 0.2) is 24.3 Å². The zero-order valence-electron chi connectivity index (χ0n) is 12.7. The molecule has 2 saturated heterocycles. The molecule has 0 radical (unpaired) electrons. The minimum atomic E-state index is -0.218. The van der Waals surface area contributed by atoms with Crippen molar-refractivity contribution >= 4 is 40.6 Å². The number of hydrogen-bond donors (Lipinski definition) is 0. The lowest BCUT2D eigenvalue weighted by atomic mass is 9.85. The summed E-state index contributed by atoms with van der Waals surface area (Å²) in [6.45, 7) is 0. The average molecular weight is 385 g/mol. The predicted molar refractivity (Wildman–Crippen MR) is 93.5 cm³/mol. The van der Waals surface area contributed by atoms with Crippen molar-refractivity contribution in [2.24, 2.45) is 0 Å². The first kappa shape index (κ1) is 16.3. The van der Waals surface area contributed by atoms with Crippen LogP contribution in [0, 0.1) is 5.82 Å². The Morgan fingerprint density at radius 3 is 2.33 bits per heavy atom. The van der Waals surface area contributed by atoms with E-state index >= 15 is 0 Å². The molecule has 2 bridgehead atoms. The third kappa shape index (κ3) is 2.72. The van der Waals surface area contributed by atoms with Crippen LogP contribution >= 0.6 is 34.7 Å². The Hall–Kier alpha value is -1.17. The smallest absolute Gasteiger partial charge is 0.275 e. The molecule has 2 fully saturated rings. The van der Waals surface area contributed by atoms with Gasteiger partial charge < -0.3 is 4.90 Å². The summed E-state index contributed by atoms with van der Waals surface area (Å²) in [5.74, 6) is 0.0271. The molecule has 2 aliphatic heterocycles. The molecule has 1 unspecified atom stereocenters. The van der Waals surface area contributed by atoms with E-state index in [-0.39, 0.29) is 34.5 Å². The number of halogens is 3. The number of benzene rings is 1. The van der Waals surface area contributed by atoms with E-state index in [2.05, 4.69) is 4.37 Å². The van der Waals surface area contributed by atoms with Gasteiger partial charge in [-0.2, -0.15) is 4.37 Å². The van der Waals surface area contributed by atoms with E-state index in [9.17, 15) is 9.18 Å². The van der Waals surface area contributed by atoms with Crippen molar-refractivity contribution < 1.29 is 9.18 Å². The molecule has 7 heteroatoms. The van der Waals surface area contributed by atoms with Gasteiger partial charge in [0.2, 0.25) is 0 Å². The molecule has 0 spiro atoms. The van der Waals surface area contributed by atoms with Gasteiger partial charge in [-0.25, -0.2) is 4.39 Å². The van der Waals surface area contributed by atoms with Crippen LogP contribution in [0.1, 0.15) is 47.7 Å². The largest absolute Gasteiger partial charge is 0.331 e. The molecule has 3 heterocycles. The van der Waals surface area contributed by atoms with Crippen molar-refractivity contribution in [2.75, 3.05) is 0 Å². The number of piperidine rings is 1. The minimum absolute atomic E-state index is 0.117. The summed E-state index contributed by atoms with van der Waals surface area (Å²) in [5, 5.41) is 0.256. The highest BCUT2D eigenvalue weighted by molar-refractivity contribution is 7.11. The Bertz CT molecular complexity index is 765. The zero-order valence-corrected chi connectivity index (χ0v) is 15.0. The zero-order chi connectivity index (χ0) is 16.8. The van der Waals surface area contributed by atoms with E-state index < -0.39 is 0 Å². The first-order valence-corrected chi connectivity index (χ1v) is 9.46. The summed E-state index contributed by atoms with van der Waals surface area (Å²) in [6.07, 6.45) is 3.76. The van der Waals surface area contributed by atoms with Gasteiger partial charge in [-0.15, -0.1) is 0 Å². The molecule has 3 atom stereocenters. The molecule has 0 aliphatic carbocycles. The van der Waals surface area contributed by atoms with Crippen LogP contribution in [0.25, 0.3) is 0 Å². The lowest BCUT2D eigenvalue weighted by Crippen LogP contribution is -2.46. The summed E-state index contributed by atoms with van der Waals surface area (Å²) in [4.78, 5) is 14.8. The van der Waals surface area contributed by atoms with Gasteiger partial charge in [-0.1, -0.05) is 35.3 Å². The lowest BCUT2D eigenvalue weighted by molar-refractivity contribution is 0.0567. The molecule has 1 amide bonds. The second kappa shape index (κ2) is 6.28. The first-order valence-electron chi connectivity index (χ1n) is 7.93. The molecule has 1 aromatic carbocycles. The monoisotopic (exact) mass is 384 g/mol. The summed E-state index contributed by atoms with van der Waals surface area (Å²) in [6, 6.07) is 7.09. The first-order chi connectivity index (χ1) is 11.5. The van der Waals surface area contributed by atoms with Crippen LogP contribution in [0.4, 0.5) is 4.39 Å². The van der Waals surface area contributed by atoms with Crippen LogP contribution in [-0.4, -0.2) is 27.3 Å². The number of carbonyl (C=O) groups excluding carboxylic acids is 1. The van der Waals surface area contributed by atoms with Crippen molar-refractivity contribution in [3.63, 3.8) is 0 Å². The highest BCUT2D eigenvalue weighted by Crippen LogP contribution is 2.44. The molecular weight excluding hydrogens is 370 g/mol. The van der Waals surface area contributed by atoms with Gasteiger partial charge in [-0.05, 0) is 60.8 Å². The van der Waals surface area contributed by atoms with E-state index in [0.29, 0.717) is 10.3 Å². The van der Waals surface area contributed by atoms with Gasteiger partial charge in [-0.3, -0.25) is 4.79 Å². The lowest BCUT2D eigenvalue weighted by Gasteiger charge is -2.39. The highest BCUT2D eigenvalue weighted by atomic mass is 35.5. The van der Waals surface area contributed by atoms with Gasteiger partial charge in [0.25, 0.3) is 5.91 Å². The molecule has 126 valence electrons. The number of amides is 1. The second-order valence-electron chi connectivity index (χ2n) is 6.44. The Balaban J connectivity index is 1.56. The van der Waals surface area contributed by atoms with Gasteiger partial charge in [0.05, 0.1) is 0 Å². The second-order valence-corrected chi connectivity index (χ2v) is 8.19. The average Bonchev–Trinajstić information content (AvgIpc) is 3.04. The third-order valence-corrected chi connectivity index (χ3v) is 6.72. The Kier molecular flexibility index (Phi) is 4.27. The molecule has 0 N–H and O–H groups in total. The van der Waals surface area contributed by atoms with Crippen LogP contribution in [-0.2, 0) is 0 Å². The molecule has 2 aliphatic rings. The van der Waals surface area contributed by atoms with Gasteiger partial charge in [0, 0.05) is 12.1 Å². The maximum absolute atomic E-state index is 13.1. The molecule has 3 nitrogen and oxygen atoms in total. The SMILES string of the molecule is O=C(c1nsc(Cl)c1Cl)N1[C@@H]2CC[C@H]1CC(c1ccc(F)cc1)C2. The molecule has 4 rings (SSSR count). The summed E-state index contributed by atoms with van der Waals surface area (Å²) in [7, 11) is 0. The van der Waals surface area contributed by atoms with E-state index in [4.69, 9.17) is 23.2 Å². The number of nitrogens with zero attached hydrogens (tertiary/aromatic N) is 2. The normalized spacial score (nSPS) is 26.0. The van der Waals surface area contributed by atoms with E-state index in [0.717, 1.165) is 42.8 Å². The Morgan fingerprint density at radius 2 is 1.79 bits per heavy atom. The van der Waals surface area contributed by atoms with Crippen molar-refractivity contribution in [1.82, 2.24) is 9.27 Å². The number of hydrogen-bond acceptors (Lipinski definition) is 3. The third-order valence-electron chi connectivity index (χ3n) is 5.11. The number of carbonyl (C=O) groups is 1. The predicted octanol–water partition coefficient (Wildman–Crippen LogP) is 5.14. The molecule has 0 saturated carbocycles. The quantitative estimate of drug-likeness (QED) is 0.717. The molecule has 2 aromatic rings. The number of rotatable bonds is 2. The summed E-state index contributed by atoms with van der Waals surface area (Å²) < 4.78 is 17.6. The van der Waals surface area contributed by atoms with Crippen molar-refractivity contribution in [1.29, 1.82) is 0 Å². The maximum Gasteiger partial charge on any atom is 0.275 e. The summed E-state index contributed by atoms with van der Waals surface area (Å²) in [5.41, 5.74) is 1.42. The van der Waals surface area contributed by atoms with Crippen molar-refractivity contribution in [2.45, 2.75) is 43.7 Å². The molecular formula is C17H15Cl2FN2OS. The number of aromatic nitrogens is 1. The Labute approximate surface area is 153 Å². The topological polar surface area (TPSA) is 33.2 Å². The fourth-order valence-electron chi connectivity index (χ4n) is 4.03. The highest BCUT2D eigenvalue weighted by Gasteiger charge is 2.44. The van der Waals surface area contributed by atoms with Crippen molar-refractivity contribution in [3.8, 4) is 0 Å².